The fraction of sp³-hybridized carbons (Fsp3) is 0.409. The Morgan fingerprint density at radius 1 is 1.38 bits per heavy atom. The number of likely N-dealkylation sites (N-methyl/N-ethyl adjacent to an activating group) is 1. The summed E-state index contributed by atoms with van der Waals surface area (Å²) in [5, 5.41) is 7.44. The van der Waals surface area contributed by atoms with Crippen LogP contribution in [0.15, 0.2) is 54.1 Å². The van der Waals surface area contributed by atoms with Gasteiger partial charge in [-0.2, -0.15) is 5.10 Å². The van der Waals surface area contributed by atoms with E-state index in [0.717, 1.165) is 12.2 Å². The molecule has 0 aliphatic carbocycles. The third-order valence-corrected chi connectivity index (χ3v) is 4.97. The third-order valence-electron chi connectivity index (χ3n) is 4.97. The van der Waals surface area contributed by atoms with E-state index in [-0.39, 0.29) is 17.9 Å². The molecule has 1 aliphatic rings. The zero-order chi connectivity index (χ0) is 21.1. The van der Waals surface area contributed by atoms with Gasteiger partial charge in [0.15, 0.2) is 11.5 Å². The van der Waals surface area contributed by atoms with Gasteiger partial charge in [0.2, 0.25) is 0 Å². The molecule has 1 amide bonds. The third kappa shape index (κ3) is 4.18. The molecule has 2 aromatic rings. The van der Waals surface area contributed by atoms with Gasteiger partial charge >= 0.3 is 0 Å². The first-order valence-electron chi connectivity index (χ1n) is 10.0. The van der Waals surface area contributed by atoms with E-state index >= 15 is 0 Å². The van der Waals surface area contributed by atoms with Crippen molar-refractivity contribution >= 4 is 17.2 Å². The zero-order valence-electron chi connectivity index (χ0n) is 17.8. The van der Waals surface area contributed by atoms with Crippen LogP contribution in [0.3, 0.4) is 0 Å². The number of hydrogen-bond donors (Lipinski definition) is 1. The van der Waals surface area contributed by atoms with Crippen LogP contribution in [-0.2, 0) is 9.53 Å². The Morgan fingerprint density at radius 3 is 2.79 bits per heavy atom. The zero-order valence-corrected chi connectivity index (χ0v) is 17.8. The minimum atomic E-state index is -0.209. The van der Waals surface area contributed by atoms with Crippen LogP contribution >= 0.6 is 0 Å². The number of nitrogens with one attached hydrogen (secondary N) is 1. The summed E-state index contributed by atoms with van der Waals surface area (Å²) in [5.74, 6) is 1.29. The SMILES string of the molecule is C=C(OCC)C1=C(C(=O)Nc2ccn3nc(C(C)C)nc3c2)N(C)C(CC)C=C1. The lowest BCUT2D eigenvalue weighted by Gasteiger charge is -2.33. The molecule has 0 bridgehead atoms. The Morgan fingerprint density at radius 2 is 2.14 bits per heavy atom. The molecule has 7 heteroatoms. The first-order chi connectivity index (χ1) is 13.8. The molecule has 0 radical (unpaired) electrons. The molecule has 154 valence electrons. The number of hydrogen-bond acceptors (Lipinski definition) is 5. The number of aromatic nitrogens is 3. The van der Waals surface area contributed by atoms with Gasteiger partial charge in [-0.05, 0) is 19.4 Å². The number of rotatable bonds is 7. The molecule has 0 saturated carbocycles. The van der Waals surface area contributed by atoms with Gasteiger partial charge in [0.25, 0.3) is 5.91 Å². The minimum Gasteiger partial charge on any atom is -0.494 e. The summed E-state index contributed by atoms with van der Waals surface area (Å²) in [4.78, 5) is 19.7. The Labute approximate surface area is 171 Å². The highest BCUT2D eigenvalue weighted by atomic mass is 16.5. The van der Waals surface area contributed by atoms with Crippen LogP contribution in [0.1, 0.15) is 45.9 Å². The van der Waals surface area contributed by atoms with Crippen molar-refractivity contribution in [2.75, 3.05) is 19.0 Å². The second-order valence-electron chi connectivity index (χ2n) is 7.36. The summed E-state index contributed by atoms with van der Waals surface area (Å²) in [5.41, 5.74) is 2.60. The lowest BCUT2D eigenvalue weighted by molar-refractivity contribution is -0.114. The fourth-order valence-corrected chi connectivity index (χ4v) is 3.35. The van der Waals surface area contributed by atoms with Crippen molar-refractivity contribution in [3.8, 4) is 0 Å². The van der Waals surface area contributed by atoms with Gasteiger partial charge in [-0.15, -0.1) is 0 Å². The standard InChI is InChI=1S/C22H29N5O2/c1-7-17-9-10-18(15(5)29-8-2)20(26(17)6)22(28)23-16-11-12-27-19(13-16)24-21(25-27)14(3)4/h9-14,17H,5,7-8H2,1-4,6H3,(H,23,28). The van der Waals surface area contributed by atoms with Gasteiger partial charge in [-0.3, -0.25) is 4.79 Å². The largest absolute Gasteiger partial charge is 0.494 e. The monoisotopic (exact) mass is 395 g/mol. The van der Waals surface area contributed by atoms with Crippen LogP contribution in [-0.4, -0.2) is 45.1 Å². The molecule has 1 aliphatic heterocycles. The number of allylic oxidation sites excluding steroid dienone is 1. The van der Waals surface area contributed by atoms with E-state index in [1.807, 2.05) is 50.9 Å². The lowest BCUT2D eigenvalue weighted by Crippen LogP contribution is -2.38. The Balaban J connectivity index is 1.92. The first-order valence-corrected chi connectivity index (χ1v) is 10.0. The van der Waals surface area contributed by atoms with E-state index in [1.54, 1.807) is 10.7 Å². The Hall–Kier alpha value is -3.09. The average Bonchev–Trinajstić information content (AvgIpc) is 3.11. The van der Waals surface area contributed by atoms with Gasteiger partial charge in [0.05, 0.1) is 6.61 Å². The van der Waals surface area contributed by atoms with Gasteiger partial charge in [0.1, 0.15) is 11.5 Å². The summed E-state index contributed by atoms with van der Waals surface area (Å²) in [6.45, 7) is 12.6. The summed E-state index contributed by atoms with van der Waals surface area (Å²) in [7, 11) is 1.92. The molecule has 3 rings (SSSR count). The van der Waals surface area contributed by atoms with E-state index in [1.165, 1.54) is 0 Å². The summed E-state index contributed by atoms with van der Waals surface area (Å²) < 4.78 is 7.30. The fourth-order valence-electron chi connectivity index (χ4n) is 3.35. The normalized spacial score (nSPS) is 16.6. The van der Waals surface area contributed by atoms with Crippen molar-refractivity contribution in [3.63, 3.8) is 0 Å². The maximum Gasteiger partial charge on any atom is 0.272 e. The van der Waals surface area contributed by atoms with Gasteiger partial charge in [0, 0.05) is 42.5 Å². The van der Waals surface area contributed by atoms with Crippen molar-refractivity contribution < 1.29 is 9.53 Å². The van der Waals surface area contributed by atoms with Crippen molar-refractivity contribution in [1.29, 1.82) is 0 Å². The van der Waals surface area contributed by atoms with E-state index in [4.69, 9.17) is 4.74 Å². The van der Waals surface area contributed by atoms with Crippen LogP contribution in [0.4, 0.5) is 5.69 Å². The van der Waals surface area contributed by atoms with E-state index in [2.05, 4.69) is 35.0 Å². The predicted octanol–water partition coefficient (Wildman–Crippen LogP) is 3.88. The van der Waals surface area contributed by atoms with Crippen LogP contribution < -0.4 is 5.32 Å². The smallest absolute Gasteiger partial charge is 0.272 e. The number of fused-ring (bicyclic) bond motifs is 1. The summed E-state index contributed by atoms with van der Waals surface area (Å²) in [6, 6.07) is 3.78. The second kappa shape index (κ2) is 8.51. The highest BCUT2D eigenvalue weighted by molar-refractivity contribution is 6.05. The van der Waals surface area contributed by atoms with Crippen molar-refractivity contribution in [1.82, 2.24) is 19.5 Å². The summed E-state index contributed by atoms with van der Waals surface area (Å²) in [6.07, 6.45) is 6.70. The van der Waals surface area contributed by atoms with Gasteiger partial charge in [-0.25, -0.2) is 9.50 Å². The van der Waals surface area contributed by atoms with Gasteiger partial charge < -0.3 is 15.0 Å². The molecular weight excluding hydrogens is 366 g/mol. The number of pyridine rings is 1. The molecule has 1 unspecified atom stereocenters. The molecule has 0 spiro atoms. The number of carbonyl (C=O) groups is 1. The molecule has 7 nitrogen and oxygen atoms in total. The number of carbonyl (C=O) groups excluding carboxylic acids is 1. The molecule has 1 atom stereocenters. The molecule has 0 fully saturated rings. The van der Waals surface area contributed by atoms with E-state index in [0.29, 0.717) is 35.0 Å². The predicted molar refractivity (Wildman–Crippen MR) is 114 cm³/mol. The molecule has 0 saturated heterocycles. The Kier molecular flexibility index (Phi) is 6.06. The van der Waals surface area contributed by atoms with Crippen molar-refractivity contribution in [3.05, 3.63) is 59.9 Å². The van der Waals surface area contributed by atoms with E-state index in [9.17, 15) is 4.79 Å². The Bertz CT molecular complexity index is 986. The topological polar surface area (TPSA) is 71.8 Å². The maximum absolute atomic E-state index is 13.2. The van der Waals surface area contributed by atoms with Crippen molar-refractivity contribution in [2.24, 2.45) is 0 Å². The van der Waals surface area contributed by atoms with Crippen LogP contribution in [0.2, 0.25) is 0 Å². The number of ether oxygens (including phenoxy) is 1. The van der Waals surface area contributed by atoms with Crippen LogP contribution in [0.25, 0.3) is 5.65 Å². The van der Waals surface area contributed by atoms with E-state index < -0.39 is 0 Å². The highest BCUT2D eigenvalue weighted by Crippen LogP contribution is 2.28. The minimum absolute atomic E-state index is 0.140. The molecule has 29 heavy (non-hydrogen) atoms. The molecule has 3 heterocycles. The number of nitrogens with zero attached hydrogens (tertiary/aromatic N) is 4. The highest BCUT2D eigenvalue weighted by Gasteiger charge is 2.27. The number of anilines is 1. The molecule has 2 aromatic heterocycles. The average molecular weight is 396 g/mol. The molecular formula is C22H29N5O2. The first kappa shape index (κ1) is 20.6. The van der Waals surface area contributed by atoms with Crippen LogP contribution in [0, 0.1) is 0 Å². The lowest BCUT2D eigenvalue weighted by atomic mass is 10.0. The molecule has 0 aromatic carbocycles. The van der Waals surface area contributed by atoms with Gasteiger partial charge in [-0.1, -0.05) is 39.5 Å². The molecule has 1 N–H and O–H groups in total. The van der Waals surface area contributed by atoms with Crippen LogP contribution in [0.5, 0.6) is 0 Å². The number of amides is 1. The second-order valence-corrected chi connectivity index (χ2v) is 7.36. The van der Waals surface area contributed by atoms with Crippen molar-refractivity contribution in [2.45, 2.75) is 46.1 Å². The maximum atomic E-state index is 13.2. The quantitative estimate of drug-likeness (QED) is 0.721. The summed E-state index contributed by atoms with van der Waals surface area (Å²) >= 11 is 0.